The summed E-state index contributed by atoms with van der Waals surface area (Å²) in [6.45, 7) is 5.32. The summed E-state index contributed by atoms with van der Waals surface area (Å²) in [5.41, 5.74) is 2.12. The maximum Gasteiger partial charge on any atom is 0.191 e. The van der Waals surface area contributed by atoms with E-state index < -0.39 is 6.10 Å². The molecule has 1 aromatic rings. The molecule has 2 rings (SSSR count). The van der Waals surface area contributed by atoms with Crippen LogP contribution < -0.4 is 10.6 Å². The first kappa shape index (κ1) is 19.2. The van der Waals surface area contributed by atoms with Gasteiger partial charge in [0, 0.05) is 12.6 Å². The van der Waals surface area contributed by atoms with Crippen molar-refractivity contribution in [1.82, 2.24) is 10.6 Å². The molecule has 4 nitrogen and oxygen atoms in total. The van der Waals surface area contributed by atoms with Crippen LogP contribution in [-0.2, 0) is 0 Å². The van der Waals surface area contributed by atoms with Crippen LogP contribution in [0.25, 0.3) is 0 Å². The number of aliphatic imine (C=N–C) groups is 1. The highest BCUT2D eigenvalue weighted by Crippen LogP contribution is 2.17. The molecular formula is C17H28IN3O. The predicted octanol–water partition coefficient (Wildman–Crippen LogP) is 3.14. The van der Waals surface area contributed by atoms with Gasteiger partial charge in [-0.1, -0.05) is 42.7 Å². The Morgan fingerprint density at radius 3 is 2.50 bits per heavy atom. The summed E-state index contributed by atoms with van der Waals surface area (Å²) in [4.78, 5) is 4.52. The second-order valence-electron chi connectivity index (χ2n) is 5.77. The lowest BCUT2D eigenvalue weighted by molar-refractivity contribution is 0.187. The molecule has 0 amide bonds. The predicted molar refractivity (Wildman–Crippen MR) is 103 cm³/mol. The Labute approximate surface area is 150 Å². The van der Waals surface area contributed by atoms with Crippen molar-refractivity contribution >= 4 is 29.9 Å². The van der Waals surface area contributed by atoms with Crippen molar-refractivity contribution in [3.05, 3.63) is 35.4 Å². The van der Waals surface area contributed by atoms with E-state index in [1.807, 2.05) is 31.2 Å². The number of nitrogens with zero attached hydrogens (tertiary/aromatic N) is 1. The number of aliphatic hydroxyl groups excluding tert-OH is 1. The highest BCUT2D eigenvalue weighted by atomic mass is 127. The molecule has 1 aromatic carbocycles. The third kappa shape index (κ3) is 6.12. The van der Waals surface area contributed by atoms with Gasteiger partial charge in [-0.15, -0.1) is 24.0 Å². The van der Waals surface area contributed by atoms with Crippen LogP contribution in [0, 0.1) is 6.92 Å². The third-order valence-electron chi connectivity index (χ3n) is 3.92. The number of hydrogen-bond donors (Lipinski definition) is 3. The highest BCUT2D eigenvalue weighted by Gasteiger charge is 2.16. The number of aryl methyl sites for hydroxylation is 1. The summed E-state index contributed by atoms with van der Waals surface area (Å²) in [5, 5.41) is 16.9. The second kappa shape index (κ2) is 10.0. The van der Waals surface area contributed by atoms with Crippen molar-refractivity contribution in [1.29, 1.82) is 0 Å². The number of nitrogens with one attached hydrogen (secondary N) is 2. The number of guanidine groups is 1. The number of benzene rings is 1. The molecule has 1 saturated carbocycles. The first-order valence-corrected chi connectivity index (χ1v) is 7.98. The number of rotatable bonds is 5. The molecule has 124 valence electrons. The van der Waals surface area contributed by atoms with Crippen LogP contribution >= 0.6 is 24.0 Å². The molecule has 1 aliphatic rings. The first-order chi connectivity index (χ1) is 10.2. The molecule has 0 heterocycles. The van der Waals surface area contributed by atoms with E-state index in [-0.39, 0.29) is 24.0 Å². The summed E-state index contributed by atoms with van der Waals surface area (Å²) in [5.74, 6) is 0.815. The summed E-state index contributed by atoms with van der Waals surface area (Å²) < 4.78 is 0. The molecule has 0 spiro atoms. The summed E-state index contributed by atoms with van der Waals surface area (Å²) in [7, 11) is 0. The van der Waals surface area contributed by atoms with E-state index in [0.29, 0.717) is 12.6 Å². The van der Waals surface area contributed by atoms with E-state index in [1.165, 1.54) is 31.2 Å². The molecular weight excluding hydrogens is 389 g/mol. The minimum atomic E-state index is -0.551. The van der Waals surface area contributed by atoms with Crippen molar-refractivity contribution in [2.24, 2.45) is 4.99 Å². The number of aliphatic hydroxyl groups is 1. The van der Waals surface area contributed by atoms with Crippen molar-refractivity contribution in [2.75, 3.05) is 13.1 Å². The smallest absolute Gasteiger partial charge is 0.191 e. The quantitative estimate of drug-likeness (QED) is 0.392. The Morgan fingerprint density at radius 2 is 1.91 bits per heavy atom. The normalized spacial score (nSPS) is 17.0. The molecule has 1 atom stereocenters. The van der Waals surface area contributed by atoms with Crippen molar-refractivity contribution < 1.29 is 5.11 Å². The van der Waals surface area contributed by atoms with E-state index in [2.05, 4.69) is 22.5 Å². The van der Waals surface area contributed by atoms with Gasteiger partial charge in [-0.3, -0.25) is 4.99 Å². The molecule has 22 heavy (non-hydrogen) atoms. The molecule has 1 fully saturated rings. The van der Waals surface area contributed by atoms with Gasteiger partial charge in [0.25, 0.3) is 0 Å². The van der Waals surface area contributed by atoms with E-state index in [0.717, 1.165) is 18.1 Å². The van der Waals surface area contributed by atoms with E-state index in [4.69, 9.17) is 0 Å². The fourth-order valence-corrected chi connectivity index (χ4v) is 2.66. The van der Waals surface area contributed by atoms with Gasteiger partial charge in [0.1, 0.15) is 0 Å². The Morgan fingerprint density at radius 1 is 1.27 bits per heavy atom. The molecule has 3 N–H and O–H groups in total. The van der Waals surface area contributed by atoms with Gasteiger partial charge in [0.15, 0.2) is 5.96 Å². The van der Waals surface area contributed by atoms with Crippen molar-refractivity contribution in [2.45, 2.75) is 51.7 Å². The van der Waals surface area contributed by atoms with Gasteiger partial charge in [-0.2, -0.15) is 0 Å². The maximum atomic E-state index is 10.2. The van der Waals surface area contributed by atoms with Gasteiger partial charge < -0.3 is 15.7 Å². The topological polar surface area (TPSA) is 56.7 Å². The van der Waals surface area contributed by atoms with E-state index in [1.54, 1.807) is 0 Å². The van der Waals surface area contributed by atoms with Gasteiger partial charge in [-0.05, 0) is 32.3 Å². The van der Waals surface area contributed by atoms with E-state index >= 15 is 0 Å². The molecule has 0 bridgehead atoms. The largest absolute Gasteiger partial charge is 0.386 e. The Kier molecular flexibility index (Phi) is 8.78. The highest BCUT2D eigenvalue weighted by molar-refractivity contribution is 14.0. The van der Waals surface area contributed by atoms with Crippen LogP contribution in [0.2, 0.25) is 0 Å². The molecule has 0 radical (unpaired) electrons. The average molecular weight is 417 g/mol. The van der Waals surface area contributed by atoms with Gasteiger partial charge in [0.05, 0.1) is 12.6 Å². The standard InChI is InChI=1S/C17H27N3O.HI/c1-3-18-17(20-15-6-4-5-7-15)19-12-16(21)14-10-8-13(2)9-11-14;/h8-11,15-16,21H,3-7,12H2,1-2H3,(H2,18,19,20);1H. The van der Waals surface area contributed by atoms with Gasteiger partial charge in [0.2, 0.25) is 0 Å². The molecule has 0 aliphatic heterocycles. The lowest BCUT2D eigenvalue weighted by atomic mass is 10.1. The number of hydrogen-bond acceptors (Lipinski definition) is 2. The maximum absolute atomic E-state index is 10.2. The summed E-state index contributed by atoms with van der Waals surface area (Å²) >= 11 is 0. The summed E-state index contributed by atoms with van der Waals surface area (Å²) in [6.07, 6.45) is 4.46. The SMILES string of the molecule is CCNC(=NCC(O)c1ccc(C)cc1)NC1CCCC1.I. The first-order valence-electron chi connectivity index (χ1n) is 7.98. The van der Waals surface area contributed by atoms with Crippen molar-refractivity contribution in [3.63, 3.8) is 0 Å². The second-order valence-corrected chi connectivity index (χ2v) is 5.77. The third-order valence-corrected chi connectivity index (χ3v) is 3.92. The fraction of sp³-hybridized carbons (Fsp3) is 0.588. The van der Waals surface area contributed by atoms with Crippen LogP contribution in [-0.4, -0.2) is 30.2 Å². The zero-order chi connectivity index (χ0) is 15.1. The Hall–Kier alpha value is -0.820. The van der Waals surface area contributed by atoms with Gasteiger partial charge >= 0.3 is 0 Å². The number of halogens is 1. The zero-order valence-corrected chi connectivity index (χ0v) is 15.8. The van der Waals surface area contributed by atoms with Crippen LogP contribution in [0.4, 0.5) is 0 Å². The molecule has 5 heteroatoms. The van der Waals surface area contributed by atoms with Crippen LogP contribution in [0.3, 0.4) is 0 Å². The van der Waals surface area contributed by atoms with Gasteiger partial charge in [-0.25, -0.2) is 0 Å². The lowest BCUT2D eigenvalue weighted by Gasteiger charge is -2.17. The molecule has 1 unspecified atom stereocenters. The van der Waals surface area contributed by atoms with E-state index in [9.17, 15) is 5.11 Å². The zero-order valence-electron chi connectivity index (χ0n) is 13.5. The van der Waals surface area contributed by atoms with Crippen LogP contribution in [0.1, 0.15) is 49.8 Å². The van der Waals surface area contributed by atoms with Crippen LogP contribution in [0.15, 0.2) is 29.3 Å². The minimum Gasteiger partial charge on any atom is -0.386 e. The summed E-state index contributed by atoms with van der Waals surface area (Å²) in [6, 6.07) is 8.49. The minimum absolute atomic E-state index is 0. The molecule has 1 aliphatic carbocycles. The lowest BCUT2D eigenvalue weighted by Crippen LogP contribution is -2.42. The monoisotopic (exact) mass is 417 g/mol. The van der Waals surface area contributed by atoms with Crippen molar-refractivity contribution in [3.8, 4) is 0 Å². The van der Waals surface area contributed by atoms with Crippen LogP contribution in [0.5, 0.6) is 0 Å². The molecule has 0 saturated heterocycles. The molecule has 0 aromatic heterocycles. The Balaban J connectivity index is 0.00000242. The Bertz CT molecular complexity index is 455. The fourth-order valence-electron chi connectivity index (χ4n) is 2.66. The average Bonchev–Trinajstić information content (AvgIpc) is 2.98.